The van der Waals surface area contributed by atoms with Crippen LogP contribution in [-0.2, 0) is 14.3 Å². The van der Waals surface area contributed by atoms with Crippen LogP contribution in [0.3, 0.4) is 0 Å². The maximum atomic E-state index is 13.6. The fraction of sp³-hybridized carbons (Fsp3) is 0.190. The molecule has 5 aromatic rings. The number of rotatable bonds is 16. The van der Waals surface area contributed by atoms with Crippen molar-refractivity contribution in [3.63, 3.8) is 0 Å². The molecule has 5 rings (SSSR count). The summed E-state index contributed by atoms with van der Waals surface area (Å²) in [6.45, 7) is 7.72. The third-order valence-electron chi connectivity index (χ3n) is 8.51. The first kappa shape index (κ1) is 37.6. The highest BCUT2D eigenvalue weighted by molar-refractivity contribution is 6.10. The second-order valence-electron chi connectivity index (χ2n) is 12.1. The zero-order valence-corrected chi connectivity index (χ0v) is 29.8. The largest absolute Gasteiger partial charge is 0.489 e. The van der Waals surface area contributed by atoms with Crippen LogP contribution in [0.25, 0.3) is 32.7 Å². The van der Waals surface area contributed by atoms with Crippen LogP contribution >= 0.6 is 0 Å². The number of nitrogens with one attached hydrogen (secondary N) is 2. The Hall–Kier alpha value is -6.62. The van der Waals surface area contributed by atoms with E-state index in [2.05, 4.69) is 28.8 Å². The molecule has 11 heteroatoms. The monoisotopic (exact) mass is 713 g/mol. The summed E-state index contributed by atoms with van der Waals surface area (Å²) in [7, 11) is 3.00. The van der Waals surface area contributed by atoms with Crippen LogP contribution in [0, 0.1) is 0 Å². The zero-order valence-electron chi connectivity index (χ0n) is 29.8. The van der Waals surface area contributed by atoms with Crippen molar-refractivity contribution in [2.24, 2.45) is 10.7 Å². The van der Waals surface area contributed by atoms with E-state index in [1.807, 2.05) is 72.8 Å². The number of hydrogen-bond acceptors (Lipinski definition) is 7. The molecular weight excluding hydrogens is 670 g/mol. The van der Waals surface area contributed by atoms with Gasteiger partial charge in [-0.05, 0) is 70.9 Å². The fourth-order valence-corrected chi connectivity index (χ4v) is 5.82. The van der Waals surface area contributed by atoms with Gasteiger partial charge in [-0.3, -0.25) is 14.6 Å². The van der Waals surface area contributed by atoms with Crippen LogP contribution < -0.4 is 25.8 Å². The number of ether oxygens (including phenoxy) is 3. The number of guanidine groups is 1. The molecule has 0 aliphatic carbocycles. The van der Waals surface area contributed by atoms with E-state index >= 15 is 0 Å². The van der Waals surface area contributed by atoms with Gasteiger partial charge in [-0.25, -0.2) is 4.79 Å². The molecule has 0 heterocycles. The van der Waals surface area contributed by atoms with Crippen molar-refractivity contribution in [2.45, 2.75) is 18.9 Å². The van der Waals surface area contributed by atoms with Gasteiger partial charge in [0, 0.05) is 30.4 Å². The predicted molar refractivity (Wildman–Crippen MR) is 210 cm³/mol. The molecule has 11 nitrogen and oxygen atoms in total. The zero-order chi connectivity index (χ0) is 37.7. The number of benzene rings is 5. The third kappa shape index (κ3) is 9.39. The average Bonchev–Trinajstić information content (AvgIpc) is 3.19. The molecule has 1 atom stereocenters. The molecule has 0 radical (unpaired) electrons. The Morgan fingerprint density at radius 2 is 1.51 bits per heavy atom. The number of nitrogens with two attached hydrogens (primary N) is 1. The van der Waals surface area contributed by atoms with E-state index in [0.29, 0.717) is 36.8 Å². The van der Waals surface area contributed by atoms with Gasteiger partial charge in [-0.15, -0.1) is 0 Å². The third-order valence-corrected chi connectivity index (χ3v) is 8.51. The summed E-state index contributed by atoms with van der Waals surface area (Å²) >= 11 is 0. The lowest BCUT2D eigenvalue weighted by Crippen LogP contribution is -2.45. The number of nitrogens with zero attached hydrogens (tertiary/aromatic N) is 2. The van der Waals surface area contributed by atoms with Gasteiger partial charge in [0.05, 0.1) is 12.7 Å². The van der Waals surface area contributed by atoms with E-state index in [9.17, 15) is 14.4 Å². The SMILES string of the molecule is C=CCOc1ccc2ccccc2c1-c1c(OCC(=O)N[C@H](CCCN=C(N)N(C)C=C)C(=O)Nc2cccc(C(=O)OC)c2)ccc2ccccc12. The van der Waals surface area contributed by atoms with Gasteiger partial charge in [-0.1, -0.05) is 86.0 Å². The van der Waals surface area contributed by atoms with E-state index in [1.54, 1.807) is 36.2 Å². The standard InChI is InChI=1S/C42H43N5O6/c1-5-25-52-35-22-20-28-13-7-9-17-32(28)38(35)39-33-18-10-8-14-29(33)21-23-36(39)53-27-37(48)46-34(19-12-24-44-42(43)47(3)6-2)40(49)45-31-16-11-15-30(26-31)41(50)51-4/h5-11,13-18,20-23,26,34H,1-2,12,19,24-25,27H2,3-4H3,(H2,43,44)(H,45,49)(H,46,48)/t34-/m1/s1. The van der Waals surface area contributed by atoms with Crippen molar-refractivity contribution in [2.75, 3.05) is 39.2 Å². The van der Waals surface area contributed by atoms with Crippen LogP contribution in [0.2, 0.25) is 0 Å². The van der Waals surface area contributed by atoms with Crippen molar-refractivity contribution < 1.29 is 28.6 Å². The predicted octanol–water partition coefficient (Wildman–Crippen LogP) is 6.68. The average molecular weight is 714 g/mol. The number of hydrogen-bond donors (Lipinski definition) is 3. The van der Waals surface area contributed by atoms with Gasteiger partial charge >= 0.3 is 5.97 Å². The molecular formula is C42H43N5O6. The molecule has 272 valence electrons. The number of fused-ring (bicyclic) bond motifs is 2. The number of carbonyl (C=O) groups excluding carboxylic acids is 3. The maximum absolute atomic E-state index is 13.6. The van der Waals surface area contributed by atoms with Gasteiger partial charge in [-0.2, -0.15) is 0 Å². The number of carbonyl (C=O) groups is 3. The lowest BCUT2D eigenvalue weighted by molar-refractivity contribution is -0.128. The summed E-state index contributed by atoms with van der Waals surface area (Å²) in [5.74, 6) is -0.150. The van der Waals surface area contributed by atoms with E-state index in [-0.39, 0.29) is 24.6 Å². The molecule has 0 fully saturated rings. The normalized spacial score (nSPS) is 11.7. The quantitative estimate of drug-likeness (QED) is 0.0338. The van der Waals surface area contributed by atoms with E-state index in [0.717, 1.165) is 32.7 Å². The minimum atomic E-state index is -0.963. The molecule has 2 amide bonds. The number of amides is 2. The van der Waals surface area contributed by atoms with Gasteiger partial charge in [0.25, 0.3) is 5.91 Å². The number of aliphatic imine (C=N–C) groups is 1. The maximum Gasteiger partial charge on any atom is 0.337 e. The minimum absolute atomic E-state index is 0.240. The van der Waals surface area contributed by atoms with Crippen molar-refractivity contribution >= 4 is 51.0 Å². The van der Waals surface area contributed by atoms with Crippen molar-refractivity contribution in [1.82, 2.24) is 10.2 Å². The summed E-state index contributed by atoms with van der Waals surface area (Å²) in [6.07, 6.45) is 3.89. The van der Waals surface area contributed by atoms with Crippen molar-refractivity contribution in [3.05, 3.63) is 128 Å². The smallest absolute Gasteiger partial charge is 0.337 e. The molecule has 0 saturated carbocycles. The molecule has 0 saturated heterocycles. The highest BCUT2D eigenvalue weighted by Crippen LogP contribution is 2.45. The van der Waals surface area contributed by atoms with Crippen LogP contribution in [0.15, 0.2) is 127 Å². The van der Waals surface area contributed by atoms with Crippen molar-refractivity contribution in [3.8, 4) is 22.6 Å². The molecule has 0 bridgehead atoms. The van der Waals surface area contributed by atoms with Gasteiger partial charge in [0.2, 0.25) is 5.91 Å². The Morgan fingerprint density at radius 1 is 0.868 bits per heavy atom. The highest BCUT2D eigenvalue weighted by Gasteiger charge is 2.23. The van der Waals surface area contributed by atoms with E-state index in [4.69, 9.17) is 19.9 Å². The molecule has 5 aromatic carbocycles. The lowest BCUT2D eigenvalue weighted by Gasteiger charge is -2.21. The molecule has 0 aliphatic rings. The van der Waals surface area contributed by atoms with Crippen molar-refractivity contribution in [1.29, 1.82) is 0 Å². The summed E-state index contributed by atoms with van der Waals surface area (Å²) in [5.41, 5.74) is 8.21. The first-order valence-corrected chi connectivity index (χ1v) is 17.1. The van der Waals surface area contributed by atoms with E-state index in [1.165, 1.54) is 19.4 Å². The second-order valence-corrected chi connectivity index (χ2v) is 12.1. The highest BCUT2D eigenvalue weighted by atomic mass is 16.5. The van der Waals surface area contributed by atoms with Crippen LogP contribution in [0.5, 0.6) is 11.5 Å². The summed E-state index contributed by atoms with van der Waals surface area (Å²) in [6, 6.07) is 29.0. The second kappa shape index (κ2) is 18.0. The van der Waals surface area contributed by atoms with Gasteiger partial charge in [0.15, 0.2) is 12.6 Å². The Kier molecular flexibility index (Phi) is 12.8. The molecule has 0 aromatic heterocycles. The topological polar surface area (TPSA) is 145 Å². The molecule has 0 spiro atoms. The Bertz CT molecular complexity index is 2160. The lowest BCUT2D eigenvalue weighted by atomic mass is 9.92. The fourth-order valence-electron chi connectivity index (χ4n) is 5.82. The Morgan fingerprint density at radius 3 is 2.13 bits per heavy atom. The molecule has 0 aliphatic heterocycles. The van der Waals surface area contributed by atoms with Crippen LogP contribution in [0.1, 0.15) is 23.2 Å². The number of methoxy groups -OCH3 is 1. The van der Waals surface area contributed by atoms with Crippen LogP contribution in [0.4, 0.5) is 5.69 Å². The minimum Gasteiger partial charge on any atom is -0.489 e. The molecule has 53 heavy (non-hydrogen) atoms. The first-order valence-electron chi connectivity index (χ1n) is 17.1. The molecule has 4 N–H and O–H groups in total. The number of anilines is 1. The Balaban J connectivity index is 1.42. The van der Waals surface area contributed by atoms with Gasteiger partial charge < -0.3 is 35.5 Å². The Labute approximate surface area is 308 Å². The summed E-state index contributed by atoms with van der Waals surface area (Å²) < 4.78 is 17.3. The summed E-state index contributed by atoms with van der Waals surface area (Å²) in [4.78, 5) is 45.2. The van der Waals surface area contributed by atoms with E-state index < -0.39 is 23.8 Å². The summed E-state index contributed by atoms with van der Waals surface area (Å²) in [5, 5.41) is 9.50. The molecule has 0 unspecified atom stereocenters. The first-order chi connectivity index (χ1) is 25.7. The van der Waals surface area contributed by atoms with Gasteiger partial charge in [0.1, 0.15) is 24.1 Å². The number of esters is 1. The van der Waals surface area contributed by atoms with Crippen LogP contribution in [-0.4, -0.2) is 68.6 Å².